The Morgan fingerprint density at radius 1 is 1.19 bits per heavy atom. The number of carbonyl (C=O) groups excluding carboxylic acids is 2. The SMILES string of the molecule is C[C@H]1CC[C@@](C)(c2ccc3c(cnn3CCN(C)C)c2)N(C(=O)C(=O)Nc2cnc(N)c(C3CC3)c2)C1. The second kappa shape index (κ2) is 9.78. The van der Waals surface area contributed by atoms with Crippen LogP contribution in [-0.2, 0) is 21.7 Å². The number of carbonyl (C=O) groups is 2. The number of likely N-dealkylation sites (tertiary alicyclic amines) is 1. The number of nitrogen functional groups attached to an aromatic ring is 1. The number of nitrogens with two attached hydrogens (primary N) is 1. The summed E-state index contributed by atoms with van der Waals surface area (Å²) in [5.41, 5.74) is 8.96. The maximum Gasteiger partial charge on any atom is 0.313 e. The van der Waals surface area contributed by atoms with Crippen LogP contribution in [-0.4, -0.2) is 63.6 Å². The van der Waals surface area contributed by atoms with E-state index < -0.39 is 17.4 Å². The molecule has 1 aliphatic carbocycles. The van der Waals surface area contributed by atoms with Gasteiger partial charge in [-0.2, -0.15) is 5.10 Å². The van der Waals surface area contributed by atoms with Crippen LogP contribution < -0.4 is 11.1 Å². The summed E-state index contributed by atoms with van der Waals surface area (Å²) in [7, 11) is 4.10. The minimum atomic E-state index is -0.647. The topological polar surface area (TPSA) is 109 Å². The molecule has 9 heteroatoms. The first-order valence-electron chi connectivity index (χ1n) is 13.1. The fourth-order valence-electron chi connectivity index (χ4n) is 5.36. The lowest BCUT2D eigenvalue weighted by atomic mass is 9.78. The Morgan fingerprint density at radius 3 is 2.70 bits per heavy atom. The van der Waals surface area contributed by atoms with Crippen molar-refractivity contribution in [2.45, 2.75) is 57.5 Å². The van der Waals surface area contributed by atoms with E-state index in [1.54, 1.807) is 4.90 Å². The molecule has 0 radical (unpaired) electrons. The van der Waals surface area contributed by atoms with Crippen LogP contribution in [0.25, 0.3) is 10.9 Å². The monoisotopic (exact) mass is 503 g/mol. The molecule has 3 N–H and O–H groups in total. The van der Waals surface area contributed by atoms with Crippen molar-refractivity contribution in [3.8, 4) is 0 Å². The second-order valence-corrected chi connectivity index (χ2v) is 11.2. The maximum absolute atomic E-state index is 13.6. The quantitative estimate of drug-likeness (QED) is 0.498. The van der Waals surface area contributed by atoms with Gasteiger partial charge in [-0.15, -0.1) is 0 Å². The zero-order chi connectivity index (χ0) is 26.3. The molecule has 1 saturated heterocycles. The molecule has 9 nitrogen and oxygen atoms in total. The summed E-state index contributed by atoms with van der Waals surface area (Å²) in [5.74, 6) is 0.0203. The molecule has 2 atom stereocenters. The number of benzene rings is 1. The van der Waals surface area contributed by atoms with Crippen molar-refractivity contribution in [1.29, 1.82) is 0 Å². The molecular weight excluding hydrogens is 466 g/mol. The Labute approximate surface area is 218 Å². The molecule has 1 aliphatic heterocycles. The third kappa shape index (κ3) is 5.05. The number of hydrogen-bond acceptors (Lipinski definition) is 6. The van der Waals surface area contributed by atoms with Gasteiger partial charge in [0.05, 0.1) is 35.7 Å². The van der Waals surface area contributed by atoms with Gasteiger partial charge in [0, 0.05) is 18.5 Å². The van der Waals surface area contributed by atoms with Gasteiger partial charge in [0.25, 0.3) is 0 Å². The van der Waals surface area contributed by atoms with Crippen molar-refractivity contribution in [3.63, 3.8) is 0 Å². The van der Waals surface area contributed by atoms with E-state index in [-0.39, 0.29) is 0 Å². The average molecular weight is 504 g/mol. The van der Waals surface area contributed by atoms with E-state index in [1.807, 2.05) is 31.0 Å². The lowest BCUT2D eigenvalue weighted by molar-refractivity contribution is -0.150. The number of piperidine rings is 1. The van der Waals surface area contributed by atoms with Gasteiger partial charge in [-0.05, 0) is 87.9 Å². The second-order valence-electron chi connectivity index (χ2n) is 11.2. The highest BCUT2D eigenvalue weighted by atomic mass is 16.2. The summed E-state index contributed by atoms with van der Waals surface area (Å²) in [4.78, 5) is 34.9. The molecule has 0 spiro atoms. The van der Waals surface area contributed by atoms with Crippen LogP contribution in [0.1, 0.15) is 56.6 Å². The van der Waals surface area contributed by atoms with Gasteiger partial charge in [0.15, 0.2) is 0 Å². The Bertz CT molecular complexity index is 1330. The molecular formula is C28H37N7O2. The molecule has 1 saturated carbocycles. The van der Waals surface area contributed by atoms with Gasteiger partial charge >= 0.3 is 11.8 Å². The van der Waals surface area contributed by atoms with Gasteiger partial charge in [-0.1, -0.05) is 13.0 Å². The van der Waals surface area contributed by atoms with Crippen LogP contribution in [0.3, 0.4) is 0 Å². The Hall–Kier alpha value is -3.46. The highest BCUT2D eigenvalue weighted by molar-refractivity contribution is 6.39. The smallest absolute Gasteiger partial charge is 0.313 e. The third-order valence-electron chi connectivity index (χ3n) is 7.90. The van der Waals surface area contributed by atoms with Crippen molar-refractivity contribution in [2.24, 2.45) is 5.92 Å². The molecule has 3 heterocycles. The van der Waals surface area contributed by atoms with Gasteiger partial charge in [-0.25, -0.2) is 4.98 Å². The van der Waals surface area contributed by atoms with E-state index in [0.29, 0.717) is 29.9 Å². The molecule has 0 bridgehead atoms. The Balaban J connectivity index is 1.39. The highest BCUT2D eigenvalue weighted by Gasteiger charge is 2.43. The number of fused-ring (bicyclic) bond motifs is 1. The first kappa shape index (κ1) is 25.2. The number of nitrogens with zero attached hydrogens (tertiary/aromatic N) is 5. The fourth-order valence-corrected chi connectivity index (χ4v) is 5.36. The predicted octanol–water partition coefficient (Wildman–Crippen LogP) is 3.56. The minimum Gasteiger partial charge on any atom is -0.383 e. The lowest BCUT2D eigenvalue weighted by Gasteiger charge is -2.47. The number of pyridine rings is 1. The van der Waals surface area contributed by atoms with Crippen molar-refractivity contribution >= 4 is 34.2 Å². The predicted molar refractivity (Wildman–Crippen MR) is 145 cm³/mol. The number of rotatable bonds is 6. The molecule has 5 rings (SSSR count). The first-order valence-corrected chi connectivity index (χ1v) is 13.1. The summed E-state index contributed by atoms with van der Waals surface area (Å²) in [6.45, 7) is 6.42. The molecule has 0 unspecified atom stereocenters. The largest absolute Gasteiger partial charge is 0.383 e. The minimum absolute atomic E-state index is 0.307. The maximum atomic E-state index is 13.6. The number of anilines is 2. The molecule has 37 heavy (non-hydrogen) atoms. The molecule has 2 aromatic heterocycles. The van der Waals surface area contributed by atoms with E-state index in [9.17, 15) is 9.59 Å². The summed E-state index contributed by atoms with van der Waals surface area (Å²) in [5, 5.41) is 8.40. The lowest BCUT2D eigenvalue weighted by Crippen LogP contribution is -2.55. The highest BCUT2D eigenvalue weighted by Crippen LogP contribution is 2.43. The molecule has 3 aromatic rings. The number of likely N-dealkylation sites (N-methyl/N-ethyl adjacent to an activating group) is 1. The van der Waals surface area contributed by atoms with E-state index in [0.717, 1.165) is 60.8 Å². The Morgan fingerprint density at radius 2 is 1.97 bits per heavy atom. The molecule has 2 fully saturated rings. The third-order valence-corrected chi connectivity index (χ3v) is 7.90. The summed E-state index contributed by atoms with van der Waals surface area (Å²) in [6, 6.07) is 8.13. The van der Waals surface area contributed by atoms with Crippen LogP contribution in [0.15, 0.2) is 36.7 Å². The summed E-state index contributed by atoms with van der Waals surface area (Å²) in [6.07, 6.45) is 7.31. The normalized spacial score (nSPS) is 22.0. The van der Waals surface area contributed by atoms with Crippen molar-refractivity contribution in [3.05, 3.63) is 47.8 Å². The van der Waals surface area contributed by atoms with Crippen LogP contribution in [0.5, 0.6) is 0 Å². The van der Waals surface area contributed by atoms with E-state index >= 15 is 0 Å². The zero-order valence-corrected chi connectivity index (χ0v) is 22.2. The van der Waals surface area contributed by atoms with Crippen LogP contribution in [0.4, 0.5) is 11.5 Å². The van der Waals surface area contributed by atoms with E-state index in [2.05, 4.69) is 52.3 Å². The van der Waals surface area contributed by atoms with E-state index in [1.165, 1.54) is 6.20 Å². The van der Waals surface area contributed by atoms with Gasteiger partial charge in [0.2, 0.25) is 0 Å². The van der Waals surface area contributed by atoms with Crippen LogP contribution >= 0.6 is 0 Å². The first-order chi connectivity index (χ1) is 17.7. The van der Waals surface area contributed by atoms with Crippen molar-refractivity contribution in [2.75, 3.05) is 38.2 Å². The summed E-state index contributed by atoms with van der Waals surface area (Å²) < 4.78 is 2.01. The van der Waals surface area contributed by atoms with Gasteiger partial charge < -0.3 is 20.9 Å². The fraction of sp³-hybridized carbons (Fsp3) is 0.500. The standard InChI is InChI=1S/C28H37N7O2/c1-18-9-10-28(2,21-7-8-24-20(13-21)15-31-35(24)12-11-33(3)4)34(17-18)27(37)26(36)32-22-14-23(19-5-6-19)25(29)30-16-22/h7-8,13-16,18-19H,5-6,9-12,17H2,1-4H3,(H2,29,30)(H,32,36)/t18-,28-/m0/s1. The number of aromatic nitrogens is 3. The van der Waals surface area contributed by atoms with Crippen molar-refractivity contribution < 1.29 is 9.59 Å². The molecule has 2 aliphatic rings. The number of nitrogens with one attached hydrogen (secondary N) is 1. The van der Waals surface area contributed by atoms with E-state index in [4.69, 9.17) is 5.73 Å². The zero-order valence-electron chi connectivity index (χ0n) is 22.2. The number of amides is 2. The molecule has 1 aromatic carbocycles. The molecule has 2 amide bonds. The molecule has 196 valence electrons. The Kier molecular flexibility index (Phi) is 6.66. The number of hydrogen-bond donors (Lipinski definition) is 2. The average Bonchev–Trinajstić information content (AvgIpc) is 3.64. The van der Waals surface area contributed by atoms with Crippen LogP contribution in [0, 0.1) is 5.92 Å². The van der Waals surface area contributed by atoms with Gasteiger partial charge in [-0.3, -0.25) is 14.3 Å². The van der Waals surface area contributed by atoms with Crippen molar-refractivity contribution in [1.82, 2.24) is 24.6 Å². The summed E-state index contributed by atoms with van der Waals surface area (Å²) >= 11 is 0. The van der Waals surface area contributed by atoms with Crippen LogP contribution in [0.2, 0.25) is 0 Å². The van der Waals surface area contributed by atoms with Gasteiger partial charge in [0.1, 0.15) is 5.82 Å².